The number of nitrogens with zero attached hydrogens (tertiary/aromatic N) is 1. The topological polar surface area (TPSA) is 59.4 Å². The molecule has 3 rings (SSSR count). The summed E-state index contributed by atoms with van der Waals surface area (Å²) in [6, 6.07) is 14.5. The molecule has 3 aromatic rings. The van der Waals surface area contributed by atoms with Crippen LogP contribution in [0.3, 0.4) is 0 Å². The van der Waals surface area contributed by atoms with Crippen LogP contribution in [0.2, 0.25) is 0 Å². The summed E-state index contributed by atoms with van der Waals surface area (Å²) in [7, 11) is 1.60. The van der Waals surface area contributed by atoms with Gasteiger partial charge in [-0.3, -0.25) is 4.98 Å². The van der Waals surface area contributed by atoms with Crippen LogP contribution in [0.4, 0.5) is 0 Å². The molecular formula is C17H13NO3. The van der Waals surface area contributed by atoms with E-state index >= 15 is 0 Å². The minimum atomic E-state index is -0.939. The Kier molecular flexibility index (Phi) is 3.28. The number of aromatic nitrogens is 1. The average molecular weight is 279 g/mol. The van der Waals surface area contributed by atoms with Crippen LogP contribution in [0.25, 0.3) is 22.0 Å². The first-order valence-electron chi connectivity index (χ1n) is 6.45. The normalized spacial score (nSPS) is 10.5. The lowest BCUT2D eigenvalue weighted by molar-refractivity contribution is 0.0697. The van der Waals surface area contributed by atoms with Crippen molar-refractivity contribution >= 4 is 16.9 Å². The number of carboxylic acids is 1. The Morgan fingerprint density at radius 3 is 2.71 bits per heavy atom. The van der Waals surface area contributed by atoms with E-state index in [9.17, 15) is 4.79 Å². The molecule has 0 aliphatic carbocycles. The van der Waals surface area contributed by atoms with Gasteiger partial charge in [0.05, 0.1) is 12.7 Å². The van der Waals surface area contributed by atoms with E-state index in [1.165, 1.54) is 0 Å². The van der Waals surface area contributed by atoms with Gasteiger partial charge < -0.3 is 9.84 Å². The number of hydrogen-bond donors (Lipinski definition) is 1. The standard InChI is InChI=1S/C17H13NO3/c1-21-15-10-14(9-12-6-3-7-18-16(12)15)11-4-2-5-13(8-11)17(19)20/h2-10H,1H3,(H,19,20). The van der Waals surface area contributed by atoms with Crippen molar-refractivity contribution in [1.29, 1.82) is 0 Å². The quantitative estimate of drug-likeness (QED) is 0.795. The summed E-state index contributed by atoms with van der Waals surface area (Å²) in [5, 5.41) is 10.0. The fraction of sp³-hybridized carbons (Fsp3) is 0.0588. The lowest BCUT2D eigenvalue weighted by atomic mass is 10.0. The van der Waals surface area contributed by atoms with E-state index in [1.54, 1.807) is 31.5 Å². The zero-order chi connectivity index (χ0) is 14.8. The Morgan fingerprint density at radius 1 is 1.10 bits per heavy atom. The van der Waals surface area contributed by atoms with E-state index in [0.29, 0.717) is 5.75 Å². The molecule has 0 radical (unpaired) electrons. The van der Waals surface area contributed by atoms with Crippen molar-refractivity contribution in [3.63, 3.8) is 0 Å². The zero-order valence-electron chi connectivity index (χ0n) is 11.4. The van der Waals surface area contributed by atoms with Crippen molar-refractivity contribution in [2.24, 2.45) is 0 Å². The molecule has 0 saturated carbocycles. The van der Waals surface area contributed by atoms with Crippen LogP contribution in [0.5, 0.6) is 5.75 Å². The molecule has 0 amide bonds. The molecule has 0 aliphatic rings. The Hall–Kier alpha value is -2.88. The molecule has 2 aromatic carbocycles. The maximum absolute atomic E-state index is 11.1. The van der Waals surface area contributed by atoms with Gasteiger partial charge in [-0.2, -0.15) is 0 Å². The molecule has 0 spiro atoms. The fourth-order valence-corrected chi connectivity index (χ4v) is 2.31. The first-order valence-corrected chi connectivity index (χ1v) is 6.45. The van der Waals surface area contributed by atoms with Gasteiger partial charge in [0.2, 0.25) is 0 Å². The predicted molar refractivity (Wildman–Crippen MR) is 80.7 cm³/mol. The van der Waals surface area contributed by atoms with Crippen molar-refractivity contribution in [3.8, 4) is 16.9 Å². The predicted octanol–water partition coefficient (Wildman–Crippen LogP) is 3.61. The molecule has 0 aliphatic heterocycles. The van der Waals surface area contributed by atoms with Gasteiger partial charge in [-0.1, -0.05) is 18.2 Å². The minimum absolute atomic E-state index is 0.262. The second kappa shape index (κ2) is 5.25. The molecule has 4 heteroatoms. The highest BCUT2D eigenvalue weighted by atomic mass is 16.5. The third-order valence-electron chi connectivity index (χ3n) is 3.33. The number of methoxy groups -OCH3 is 1. The van der Waals surface area contributed by atoms with Gasteiger partial charge in [0.15, 0.2) is 0 Å². The minimum Gasteiger partial charge on any atom is -0.494 e. The van der Waals surface area contributed by atoms with E-state index in [0.717, 1.165) is 22.0 Å². The van der Waals surface area contributed by atoms with Crippen molar-refractivity contribution < 1.29 is 14.6 Å². The second-order valence-corrected chi connectivity index (χ2v) is 4.64. The smallest absolute Gasteiger partial charge is 0.335 e. The summed E-state index contributed by atoms with van der Waals surface area (Å²) < 4.78 is 5.39. The lowest BCUT2D eigenvalue weighted by Gasteiger charge is -2.09. The number of ether oxygens (including phenoxy) is 1. The van der Waals surface area contributed by atoms with Gasteiger partial charge in [-0.25, -0.2) is 4.79 Å². The molecule has 0 unspecified atom stereocenters. The number of pyridine rings is 1. The largest absolute Gasteiger partial charge is 0.494 e. The molecule has 1 heterocycles. The molecule has 0 atom stereocenters. The van der Waals surface area contributed by atoms with Gasteiger partial charge in [-0.15, -0.1) is 0 Å². The summed E-state index contributed by atoms with van der Waals surface area (Å²) in [4.78, 5) is 15.4. The number of rotatable bonds is 3. The first kappa shape index (κ1) is 13.1. The lowest BCUT2D eigenvalue weighted by Crippen LogP contribution is -1.96. The van der Waals surface area contributed by atoms with Crippen LogP contribution in [0, 0.1) is 0 Å². The number of benzene rings is 2. The molecule has 0 fully saturated rings. The van der Waals surface area contributed by atoms with E-state index in [4.69, 9.17) is 9.84 Å². The third-order valence-corrected chi connectivity index (χ3v) is 3.33. The number of fused-ring (bicyclic) bond motifs is 1. The van der Waals surface area contributed by atoms with Crippen LogP contribution >= 0.6 is 0 Å². The molecule has 0 saturated heterocycles. The highest BCUT2D eigenvalue weighted by molar-refractivity contribution is 5.92. The SMILES string of the molecule is COc1cc(-c2cccc(C(=O)O)c2)cc2cccnc12. The monoisotopic (exact) mass is 279 g/mol. The fourth-order valence-electron chi connectivity index (χ4n) is 2.31. The van der Waals surface area contributed by atoms with E-state index in [1.807, 2.05) is 30.3 Å². The van der Waals surface area contributed by atoms with Crippen LogP contribution in [-0.2, 0) is 0 Å². The van der Waals surface area contributed by atoms with Gasteiger partial charge in [0.1, 0.15) is 11.3 Å². The molecule has 21 heavy (non-hydrogen) atoms. The Labute approximate surface area is 121 Å². The molecule has 4 nitrogen and oxygen atoms in total. The van der Waals surface area contributed by atoms with Crippen molar-refractivity contribution in [3.05, 3.63) is 60.3 Å². The van der Waals surface area contributed by atoms with Gasteiger partial charge in [0, 0.05) is 11.6 Å². The maximum Gasteiger partial charge on any atom is 0.335 e. The van der Waals surface area contributed by atoms with Crippen molar-refractivity contribution in [2.75, 3.05) is 7.11 Å². The number of carbonyl (C=O) groups is 1. The molecule has 0 bridgehead atoms. The van der Waals surface area contributed by atoms with Gasteiger partial charge in [-0.05, 0) is 41.5 Å². The van der Waals surface area contributed by atoms with Gasteiger partial charge >= 0.3 is 5.97 Å². The van der Waals surface area contributed by atoms with Crippen molar-refractivity contribution in [1.82, 2.24) is 4.98 Å². The van der Waals surface area contributed by atoms with Gasteiger partial charge in [0.25, 0.3) is 0 Å². The van der Waals surface area contributed by atoms with Crippen LogP contribution in [-0.4, -0.2) is 23.2 Å². The number of carboxylic acid groups (broad SMARTS) is 1. The zero-order valence-corrected chi connectivity index (χ0v) is 11.4. The highest BCUT2D eigenvalue weighted by Gasteiger charge is 2.09. The summed E-state index contributed by atoms with van der Waals surface area (Å²) in [6.07, 6.45) is 1.72. The van der Waals surface area contributed by atoms with E-state index in [-0.39, 0.29) is 5.56 Å². The van der Waals surface area contributed by atoms with Crippen LogP contribution < -0.4 is 4.74 Å². The molecule has 1 N–H and O–H groups in total. The second-order valence-electron chi connectivity index (χ2n) is 4.64. The maximum atomic E-state index is 11.1. The average Bonchev–Trinajstić information content (AvgIpc) is 2.53. The van der Waals surface area contributed by atoms with E-state index < -0.39 is 5.97 Å². The summed E-state index contributed by atoms with van der Waals surface area (Å²) in [5.41, 5.74) is 2.78. The third kappa shape index (κ3) is 2.43. The summed E-state index contributed by atoms with van der Waals surface area (Å²) in [6.45, 7) is 0. The molecule has 1 aromatic heterocycles. The highest BCUT2D eigenvalue weighted by Crippen LogP contribution is 2.31. The number of hydrogen-bond acceptors (Lipinski definition) is 3. The Bertz CT molecular complexity index is 827. The Morgan fingerprint density at radius 2 is 1.95 bits per heavy atom. The Balaban J connectivity index is 2.21. The molecular weight excluding hydrogens is 266 g/mol. The first-order chi connectivity index (χ1) is 10.2. The van der Waals surface area contributed by atoms with Crippen LogP contribution in [0.15, 0.2) is 54.7 Å². The van der Waals surface area contributed by atoms with E-state index in [2.05, 4.69) is 4.98 Å². The summed E-state index contributed by atoms with van der Waals surface area (Å²) >= 11 is 0. The number of aromatic carboxylic acids is 1. The summed E-state index contributed by atoms with van der Waals surface area (Å²) in [5.74, 6) is -0.268. The van der Waals surface area contributed by atoms with Crippen molar-refractivity contribution in [2.45, 2.75) is 0 Å². The molecule has 104 valence electrons. The van der Waals surface area contributed by atoms with Crippen LogP contribution in [0.1, 0.15) is 10.4 Å².